The van der Waals surface area contributed by atoms with E-state index in [0.29, 0.717) is 0 Å². The number of hydrogen-bond acceptors (Lipinski definition) is 4. The minimum absolute atomic E-state index is 1.00. The van der Waals surface area contributed by atoms with Gasteiger partial charge < -0.3 is 4.90 Å². The van der Waals surface area contributed by atoms with Crippen LogP contribution in [-0.4, -0.2) is 39.0 Å². The molecule has 96 valence electrons. The van der Waals surface area contributed by atoms with E-state index < -0.39 is 0 Å². The summed E-state index contributed by atoms with van der Waals surface area (Å²) >= 11 is 2.02. The third kappa shape index (κ3) is 1.86. The number of rotatable bonds is 1. The van der Waals surface area contributed by atoms with Crippen molar-refractivity contribution in [3.8, 4) is 0 Å². The van der Waals surface area contributed by atoms with Crippen molar-refractivity contribution in [2.75, 3.05) is 29.5 Å². The highest BCUT2D eigenvalue weighted by atomic mass is 32.2. The Morgan fingerprint density at radius 1 is 1.11 bits per heavy atom. The summed E-state index contributed by atoms with van der Waals surface area (Å²) in [5.41, 5.74) is 3.23. The molecule has 0 amide bonds. The third-order valence-corrected chi connectivity index (χ3v) is 4.38. The van der Waals surface area contributed by atoms with Crippen LogP contribution in [0.4, 0.5) is 5.82 Å². The van der Waals surface area contributed by atoms with Gasteiger partial charge in [-0.2, -0.15) is 11.8 Å². The Morgan fingerprint density at radius 3 is 2.56 bits per heavy atom. The number of imidazole rings is 1. The highest BCUT2D eigenvalue weighted by Gasteiger charge is 2.16. The number of nitrogens with zero attached hydrogens (tertiary/aromatic N) is 4. The van der Waals surface area contributed by atoms with Gasteiger partial charge in [-0.1, -0.05) is 0 Å². The predicted octanol–water partition coefficient (Wildman–Crippen LogP) is 2.21. The Morgan fingerprint density at radius 2 is 1.83 bits per heavy atom. The van der Waals surface area contributed by atoms with E-state index in [1.165, 1.54) is 17.2 Å². The second kappa shape index (κ2) is 4.46. The summed E-state index contributed by atoms with van der Waals surface area (Å²) in [5.74, 6) is 4.52. The van der Waals surface area contributed by atoms with Gasteiger partial charge in [0.1, 0.15) is 11.6 Å². The van der Waals surface area contributed by atoms with Gasteiger partial charge in [0.05, 0.1) is 5.69 Å². The molecule has 4 nitrogen and oxygen atoms in total. The Hall–Kier alpha value is -1.23. The van der Waals surface area contributed by atoms with E-state index in [1.807, 2.05) is 25.6 Å². The number of aromatic nitrogens is 3. The van der Waals surface area contributed by atoms with Crippen LogP contribution in [0.2, 0.25) is 0 Å². The lowest BCUT2D eigenvalue weighted by Crippen LogP contribution is -2.33. The van der Waals surface area contributed by atoms with Crippen LogP contribution in [-0.2, 0) is 0 Å². The monoisotopic (exact) mass is 262 g/mol. The van der Waals surface area contributed by atoms with Gasteiger partial charge in [0.15, 0.2) is 5.65 Å². The molecule has 18 heavy (non-hydrogen) atoms. The maximum Gasteiger partial charge on any atom is 0.162 e. The normalized spacial score (nSPS) is 16.5. The Bertz CT molecular complexity index is 584. The summed E-state index contributed by atoms with van der Waals surface area (Å²) in [6, 6.07) is 2.18. The minimum Gasteiger partial charge on any atom is -0.355 e. The van der Waals surface area contributed by atoms with Crippen molar-refractivity contribution in [1.29, 1.82) is 0 Å². The molecule has 0 aliphatic carbocycles. The summed E-state index contributed by atoms with van der Waals surface area (Å²) in [7, 11) is 0. The average molecular weight is 262 g/mol. The lowest BCUT2D eigenvalue weighted by molar-refractivity contribution is 0.832. The van der Waals surface area contributed by atoms with E-state index in [1.54, 1.807) is 0 Å². The van der Waals surface area contributed by atoms with Crippen molar-refractivity contribution >= 4 is 23.2 Å². The maximum atomic E-state index is 4.80. The molecule has 0 spiro atoms. The number of thioether (sulfide) groups is 1. The van der Waals surface area contributed by atoms with Crippen molar-refractivity contribution in [3.05, 3.63) is 23.3 Å². The van der Waals surface area contributed by atoms with Crippen molar-refractivity contribution in [2.45, 2.75) is 20.8 Å². The molecule has 0 unspecified atom stereocenters. The molecule has 5 heteroatoms. The Kier molecular flexibility index (Phi) is 2.93. The van der Waals surface area contributed by atoms with Gasteiger partial charge in [-0.3, -0.25) is 4.40 Å². The Balaban J connectivity index is 2.11. The average Bonchev–Trinajstić information content (AvgIpc) is 2.66. The quantitative estimate of drug-likeness (QED) is 0.789. The van der Waals surface area contributed by atoms with Crippen LogP contribution < -0.4 is 4.90 Å². The van der Waals surface area contributed by atoms with Crippen LogP contribution >= 0.6 is 11.8 Å². The fourth-order valence-electron chi connectivity index (χ4n) is 2.56. The first-order chi connectivity index (χ1) is 8.66. The lowest BCUT2D eigenvalue weighted by atomic mass is 10.3. The lowest BCUT2D eigenvalue weighted by Gasteiger charge is -2.27. The molecule has 3 rings (SSSR count). The van der Waals surface area contributed by atoms with Crippen LogP contribution in [0.5, 0.6) is 0 Å². The van der Waals surface area contributed by atoms with E-state index in [-0.39, 0.29) is 0 Å². The fraction of sp³-hybridized carbons (Fsp3) is 0.538. The molecule has 0 radical (unpaired) electrons. The van der Waals surface area contributed by atoms with Crippen LogP contribution in [0, 0.1) is 20.8 Å². The van der Waals surface area contributed by atoms with Crippen molar-refractivity contribution in [2.24, 2.45) is 0 Å². The molecular formula is C13H18N4S. The number of hydrogen-bond donors (Lipinski definition) is 0. The van der Waals surface area contributed by atoms with E-state index in [4.69, 9.17) is 4.98 Å². The topological polar surface area (TPSA) is 33.4 Å². The van der Waals surface area contributed by atoms with Gasteiger partial charge in [-0.15, -0.1) is 0 Å². The van der Waals surface area contributed by atoms with Crippen molar-refractivity contribution in [1.82, 2.24) is 14.4 Å². The standard InChI is InChI=1S/C13H18N4S/c1-9-8-12(16-4-6-18-7-5-16)15-13-10(2)14-11(3)17(9)13/h8H,4-7H2,1-3H3. The zero-order valence-corrected chi connectivity index (χ0v) is 11.9. The maximum absolute atomic E-state index is 4.80. The van der Waals surface area contributed by atoms with E-state index in [0.717, 1.165) is 36.1 Å². The number of fused-ring (bicyclic) bond motifs is 1. The molecule has 2 aromatic heterocycles. The SMILES string of the molecule is Cc1nc(C)n2c(C)cc(N3CCSCC3)nc12. The van der Waals surface area contributed by atoms with E-state index in [9.17, 15) is 0 Å². The molecule has 0 N–H and O–H groups in total. The number of aryl methyl sites for hydroxylation is 3. The van der Waals surface area contributed by atoms with Gasteiger partial charge in [0, 0.05) is 36.4 Å². The molecule has 1 saturated heterocycles. The van der Waals surface area contributed by atoms with Crippen molar-refractivity contribution in [3.63, 3.8) is 0 Å². The highest BCUT2D eigenvalue weighted by molar-refractivity contribution is 7.99. The van der Waals surface area contributed by atoms with E-state index in [2.05, 4.69) is 27.3 Å². The highest BCUT2D eigenvalue weighted by Crippen LogP contribution is 2.22. The van der Waals surface area contributed by atoms with Crippen LogP contribution in [0.1, 0.15) is 17.2 Å². The predicted molar refractivity (Wildman–Crippen MR) is 76.7 cm³/mol. The van der Waals surface area contributed by atoms with Gasteiger partial charge in [0.2, 0.25) is 0 Å². The van der Waals surface area contributed by atoms with E-state index >= 15 is 0 Å². The summed E-state index contributed by atoms with van der Waals surface area (Å²) in [6.07, 6.45) is 0. The summed E-state index contributed by atoms with van der Waals surface area (Å²) in [5, 5.41) is 0. The van der Waals surface area contributed by atoms with Crippen LogP contribution in [0.3, 0.4) is 0 Å². The fourth-order valence-corrected chi connectivity index (χ4v) is 3.46. The van der Waals surface area contributed by atoms with Crippen LogP contribution in [0.25, 0.3) is 5.65 Å². The largest absolute Gasteiger partial charge is 0.355 e. The van der Waals surface area contributed by atoms with Gasteiger partial charge in [-0.25, -0.2) is 9.97 Å². The van der Waals surface area contributed by atoms with Gasteiger partial charge in [0.25, 0.3) is 0 Å². The molecule has 0 bridgehead atoms. The first-order valence-electron chi connectivity index (χ1n) is 6.33. The van der Waals surface area contributed by atoms with Crippen molar-refractivity contribution < 1.29 is 0 Å². The summed E-state index contributed by atoms with van der Waals surface area (Å²) < 4.78 is 2.14. The van der Waals surface area contributed by atoms with Gasteiger partial charge in [-0.05, 0) is 20.8 Å². The zero-order valence-electron chi connectivity index (χ0n) is 11.1. The third-order valence-electron chi connectivity index (χ3n) is 3.43. The molecule has 0 aromatic carbocycles. The molecular weight excluding hydrogens is 244 g/mol. The number of anilines is 1. The molecule has 0 atom stereocenters. The first-order valence-corrected chi connectivity index (χ1v) is 7.48. The molecule has 1 aliphatic rings. The Labute approximate surface area is 111 Å². The smallest absolute Gasteiger partial charge is 0.162 e. The molecule has 2 aromatic rings. The second-order valence-electron chi connectivity index (χ2n) is 4.76. The molecule has 0 saturated carbocycles. The molecule has 3 heterocycles. The minimum atomic E-state index is 1.00. The first kappa shape index (κ1) is 11.8. The second-order valence-corrected chi connectivity index (χ2v) is 5.98. The summed E-state index contributed by atoms with van der Waals surface area (Å²) in [6.45, 7) is 8.39. The summed E-state index contributed by atoms with van der Waals surface area (Å²) in [4.78, 5) is 11.7. The zero-order chi connectivity index (χ0) is 12.7. The van der Waals surface area contributed by atoms with Crippen LogP contribution in [0.15, 0.2) is 6.07 Å². The van der Waals surface area contributed by atoms with Gasteiger partial charge >= 0.3 is 0 Å². The molecule has 1 aliphatic heterocycles. The molecule has 1 fully saturated rings.